The molecule has 1 aromatic rings. The van der Waals surface area contributed by atoms with Crippen molar-refractivity contribution in [3.63, 3.8) is 0 Å². The summed E-state index contributed by atoms with van der Waals surface area (Å²) in [5.74, 6) is 0. The molecule has 0 fully saturated rings. The third kappa shape index (κ3) is 1.92. The Kier molecular flexibility index (Phi) is 3.94. The molecule has 1 unspecified atom stereocenters. The van der Waals surface area contributed by atoms with Crippen LogP contribution in [0.1, 0.15) is 31.9 Å². The van der Waals surface area contributed by atoms with E-state index < -0.39 is 0 Å². The SMILES string of the molecule is C=C/C=C(\C)C1(C)C(/C=C\C)=C(C=C)c2ccccc21. The molecule has 1 atom stereocenters. The molecule has 0 aliphatic heterocycles. The molecule has 0 nitrogen and oxygen atoms in total. The van der Waals surface area contributed by atoms with Crippen LogP contribution in [0.25, 0.3) is 5.57 Å². The maximum absolute atomic E-state index is 4.01. The summed E-state index contributed by atoms with van der Waals surface area (Å²) in [5.41, 5.74) is 6.36. The molecule has 1 aromatic carbocycles. The maximum Gasteiger partial charge on any atom is 0.0395 e. The minimum absolute atomic E-state index is 0.110. The molecule has 0 radical (unpaired) electrons. The molecule has 0 amide bonds. The summed E-state index contributed by atoms with van der Waals surface area (Å²) in [6, 6.07) is 8.60. The van der Waals surface area contributed by atoms with Gasteiger partial charge in [0.05, 0.1) is 0 Å². The van der Waals surface area contributed by atoms with E-state index in [-0.39, 0.29) is 5.41 Å². The van der Waals surface area contributed by atoms with Crippen molar-refractivity contribution in [3.05, 3.63) is 90.1 Å². The van der Waals surface area contributed by atoms with E-state index in [2.05, 4.69) is 76.4 Å². The predicted molar refractivity (Wildman–Crippen MR) is 89.7 cm³/mol. The molecule has 0 spiro atoms. The third-order valence-corrected chi connectivity index (χ3v) is 4.28. The Labute approximate surface area is 122 Å². The average molecular weight is 262 g/mol. The molecule has 2 rings (SSSR count). The van der Waals surface area contributed by atoms with Crippen molar-refractivity contribution in [2.45, 2.75) is 26.2 Å². The number of allylic oxidation sites excluding steroid dienone is 8. The van der Waals surface area contributed by atoms with Crippen LogP contribution >= 0.6 is 0 Å². The van der Waals surface area contributed by atoms with Crippen LogP contribution in [-0.2, 0) is 5.41 Å². The van der Waals surface area contributed by atoms with Crippen molar-refractivity contribution in [2.75, 3.05) is 0 Å². The minimum Gasteiger partial charge on any atom is -0.0991 e. The number of benzene rings is 1. The number of rotatable bonds is 4. The van der Waals surface area contributed by atoms with Crippen LogP contribution in [0.5, 0.6) is 0 Å². The van der Waals surface area contributed by atoms with E-state index in [1.807, 2.05) is 12.2 Å². The molecule has 1 aliphatic rings. The van der Waals surface area contributed by atoms with E-state index in [0.29, 0.717) is 0 Å². The van der Waals surface area contributed by atoms with Crippen molar-refractivity contribution in [3.8, 4) is 0 Å². The molecule has 0 bridgehead atoms. The van der Waals surface area contributed by atoms with Gasteiger partial charge >= 0.3 is 0 Å². The first-order valence-electron chi connectivity index (χ1n) is 7.00. The summed E-state index contributed by atoms with van der Waals surface area (Å²) in [7, 11) is 0. The second-order valence-corrected chi connectivity index (χ2v) is 5.29. The Balaban J connectivity index is 2.83. The fourth-order valence-corrected chi connectivity index (χ4v) is 3.12. The van der Waals surface area contributed by atoms with Gasteiger partial charge in [-0.2, -0.15) is 0 Å². The van der Waals surface area contributed by atoms with E-state index >= 15 is 0 Å². The molecule has 0 N–H and O–H groups in total. The lowest BCUT2D eigenvalue weighted by Gasteiger charge is -2.30. The second kappa shape index (κ2) is 5.50. The van der Waals surface area contributed by atoms with Crippen LogP contribution in [0.4, 0.5) is 0 Å². The van der Waals surface area contributed by atoms with E-state index in [1.54, 1.807) is 0 Å². The molecular formula is C20H22. The van der Waals surface area contributed by atoms with Crippen molar-refractivity contribution >= 4 is 5.57 Å². The zero-order chi connectivity index (χ0) is 14.8. The van der Waals surface area contributed by atoms with E-state index in [4.69, 9.17) is 0 Å². The molecule has 0 heteroatoms. The molecule has 0 aromatic heterocycles. The van der Waals surface area contributed by atoms with Gasteiger partial charge in [-0.15, -0.1) is 0 Å². The van der Waals surface area contributed by atoms with Gasteiger partial charge in [-0.05, 0) is 43.0 Å². The Morgan fingerprint density at radius 3 is 2.50 bits per heavy atom. The van der Waals surface area contributed by atoms with Gasteiger partial charge in [-0.1, -0.05) is 73.4 Å². The highest BCUT2D eigenvalue weighted by atomic mass is 14.4. The highest BCUT2D eigenvalue weighted by molar-refractivity contribution is 5.89. The van der Waals surface area contributed by atoms with Crippen LogP contribution in [0.2, 0.25) is 0 Å². The third-order valence-electron chi connectivity index (χ3n) is 4.28. The maximum atomic E-state index is 4.01. The van der Waals surface area contributed by atoms with Crippen molar-refractivity contribution < 1.29 is 0 Å². The molecule has 20 heavy (non-hydrogen) atoms. The largest absolute Gasteiger partial charge is 0.0991 e. The number of hydrogen-bond acceptors (Lipinski definition) is 0. The summed E-state index contributed by atoms with van der Waals surface area (Å²) in [5, 5.41) is 0. The molecular weight excluding hydrogens is 240 g/mol. The van der Waals surface area contributed by atoms with Gasteiger partial charge in [0.25, 0.3) is 0 Å². The van der Waals surface area contributed by atoms with Gasteiger partial charge in [-0.25, -0.2) is 0 Å². The average Bonchev–Trinajstić information content (AvgIpc) is 2.70. The summed E-state index contributed by atoms with van der Waals surface area (Å²) < 4.78 is 0. The quantitative estimate of drug-likeness (QED) is 0.619. The highest BCUT2D eigenvalue weighted by Gasteiger charge is 2.40. The first kappa shape index (κ1) is 14.3. The second-order valence-electron chi connectivity index (χ2n) is 5.29. The van der Waals surface area contributed by atoms with Gasteiger partial charge in [0.2, 0.25) is 0 Å². The monoisotopic (exact) mass is 262 g/mol. The molecule has 0 heterocycles. The van der Waals surface area contributed by atoms with Crippen LogP contribution in [0.15, 0.2) is 78.9 Å². The first-order valence-corrected chi connectivity index (χ1v) is 7.00. The van der Waals surface area contributed by atoms with Crippen LogP contribution in [-0.4, -0.2) is 0 Å². The van der Waals surface area contributed by atoms with Gasteiger partial charge in [0.15, 0.2) is 0 Å². The Morgan fingerprint density at radius 2 is 1.90 bits per heavy atom. The zero-order valence-corrected chi connectivity index (χ0v) is 12.6. The minimum atomic E-state index is -0.110. The van der Waals surface area contributed by atoms with Gasteiger partial charge in [-0.3, -0.25) is 0 Å². The van der Waals surface area contributed by atoms with Gasteiger partial charge in [0.1, 0.15) is 0 Å². The van der Waals surface area contributed by atoms with E-state index in [0.717, 1.165) is 0 Å². The van der Waals surface area contributed by atoms with Crippen molar-refractivity contribution in [2.24, 2.45) is 0 Å². The standard InChI is InChI=1S/C20H22/c1-6-11-15(4)20(5)18(12-7-2)16(8-3)17-13-9-10-14-19(17)20/h6-14H,1,3H2,2,4-5H3/b12-7-,15-11+. The Hall–Kier alpha value is -2.08. The summed E-state index contributed by atoms with van der Waals surface area (Å²) in [4.78, 5) is 0. The van der Waals surface area contributed by atoms with Gasteiger partial charge in [0, 0.05) is 5.41 Å². The van der Waals surface area contributed by atoms with Crippen LogP contribution in [0.3, 0.4) is 0 Å². The first-order chi connectivity index (χ1) is 9.61. The Morgan fingerprint density at radius 1 is 1.20 bits per heavy atom. The summed E-state index contributed by atoms with van der Waals surface area (Å²) in [6.07, 6.45) is 10.2. The fraction of sp³-hybridized carbons (Fsp3) is 0.200. The number of hydrogen-bond donors (Lipinski definition) is 0. The van der Waals surface area contributed by atoms with E-state index in [9.17, 15) is 0 Å². The topological polar surface area (TPSA) is 0 Å². The van der Waals surface area contributed by atoms with Crippen molar-refractivity contribution in [1.29, 1.82) is 0 Å². The lowest BCUT2D eigenvalue weighted by atomic mass is 9.73. The molecule has 0 saturated carbocycles. The number of fused-ring (bicyclic) bond motifs is 1. The molecule has 1 aliphatic carbocycles. The fourth-order valence-electron chi connectivity index (χ4n) is 3.12. The normalized spacial score (nSPS) is 22.2. The van der Waals surface area contributed by atoms with Gasteiger partial charge < -0.3 is 0 Å². The van der Waals surface area contributed by atoms with E-state index in [1.165, 1.54) is 27.8 Å². The predicted octanol–water partition coefficient (Wildman–Crippen LogP) is 5.61. The Bertz CT molecular complexity index is 638. The molecule has 102 valence electrons. The lowest BCUT2D eigenvalue weighted by molar-refractivity contribution is 0.687. The van der Waals surface area contributed by atoms with Crippen LogP contribution in [0, 0.1) is 0 Å². The summed E-state index contributed by atoms with van der Waals surface area (Å²) >= 11 is 0. The summed E-state index contributed by atoms with van der Waals surface area (Å²) in [6.45, 7) is 14.4. The highest BCUT2D eigenvalue weighted by Crippen LogP contribution is 2.51. The lowest BCUT2D eigenvalue weighted by Crippen LogP contribution is -2.23. The van der Waals surface area contributed by atoms with Crippen LogP contribution < -0.4 is 0 Å². The molecule has 0 saturated heterocycles. The van der Waals surface area contributed by atoms with Crippen molar-refractivity contribution in [1.82, 2.24) is 0 Å². The smallest absolute Gasteiger partial charge is 0.0395 e. The zero-order valence-electron chi connectivity index (χ0n) is 12.6.